The molecule has 0 radical (unpaired) electrons. The maximum Gasteiger partial charge on any atom is 0.256 e. The van der Waals surface area contributed by atoms with E-state index in [4.69, 9.17) is 0 Å². The van der Waals surface area contributed by atoms with Gasteiger partial charge in [0.05, 0.1) is 29.9 Å². The number of aliphatic hydroxyl groups is 1. The first-order valence-electron chi connectivity index (χ1n) is 10.0. The first-order chi connectivity index (χ1) is 15.2. The van der Waals surface area contributed by atoms with Crippen molar-refractivity contribution < 1.29 is 18.7 Å². The molecule has 32 heavy (non-hydrogen) atoms. The molecule has 0 unspecified atom stereocenters. The van der Waals surface area contributed by atoms with Crippen LogP contribution in [0.5, 0.6) is 0 Å². The second-order valence-corrected chi connectivity index (χ2v) is 8.35. The lowest BCUT2D eigenvalue weighted by molar-refractivity contribution is 0.0761. The van der Waals surface area contributed by atoms with Gasteiger partial charge in [0.2, 0.25) is 0 Å². The van der Waals surface area contributed by atoms with Crippen molar-refractivity contribution in [1.29, 1.82) is 0 Å². The molecule has 9 heteroatoms. The monoisotopic (exact) mass is 435 g/mol. The topological polar surface area (TPSA) is 95.0 Å². The molecule has 2 aromatic carbocycles. The first-order valence-corrected chi connectivity index (χ1v) is 10.0. The second-order valence-electron chi connectivity index (χ2n) is 8.35. The Morgan fingerprint density at radius 1 is 1.12 bits per heavy atom. The summed E-state index contributed by atoms with van der Waals surface area (Å²) in [5.74, 6) is -1.86. The number of hydrogen-bond donors (Lipinski definition) is 2. The predicted octanol–water partition coefficient (Wildman–Crippen LogP) is 3.68. The molecule has 0 aliphatic carbocycles. The number of nitrogens with zero attached hydrogens (tertiary/aromatic N) is 4. The van der Waals surface area contributed by atoms with Crippen LogP contribution in [0, 0.1) is 11.6 Å². The van der Waals surface area contributed by atoms with Gasteiger partial charge in [-0.2, -0.15) is 15.4 Å². The molecule has 5 rings (SSSR count). The van der Waals surface area contributed by atoms with Crippen LogP contribution in [0.3, 0.4) is 0 Å². The van der Waals surface area contributed by atoms with Crippen molar-refractivity contribution in [1.82, 2.24) is 25.3 Å². The lowest BCUT2D eigenvalue weighted by Crippen LogP contribution is -2.24. The molecule has 2 N–H and O–H groups in total. The SMILES string of the molecule is CC(C)(O)c1cc(-c2cc(F)c(CN3Cc4ncccc4C3=O)c(F)c2)c2n[nH]nc2c1. The van der Waals surface area contributed by atoms with E-state index >= 15 is 8.78 Å². The maximum atomic E-state index is 15.1. The zero-order valence-corrected chi connectivity index (χ0v) is 17.4. The number of hydrogen-bond acceptors (Lipinski definition) is 5. The van der Waals surface area contributed by atoms with E-state index in [1.165, 1.54) is 17.0 Å². The Labute approximate surface area is 181 Å². The Kier molecular flexibility index (Phi) is 4.52. The van der Waals surface area contributed by atoms with E-state index in [1.807, 2.05) is 0 Å². The third-order valence-corrected chi connectivity index (χ3v) is 5.68. The van der Waals surface area contributed by atoms with Crippen LogP contribution in [0.25, 0.3) is 22.2 Å². The molecule has 3 heterocycles. The van der Waals surface area contributed by atoms with Crippen molar-refractivity contribution in [2.24, 2.45) is 0 Å². The van der Waals surface area contributed by atoms with Crippen molar-refractivity contribution in [2.75, 3.05) is 0 Å². The highest BCUT2D eigenvalue weighted by Crippen LogP contribution is 2.34. The summed E-state index contributed by atoms with van der Waals surface area (Å²) in [6.07, 6.45) is 1.58. The molecule has 0 spiro atoms. The Morgan fingerprint density at radius 3 is 2.56 bits per heavy atom. The van der Waals surface area contributed by atoms with E-state index in [1.54, 1.807) is 44.3 Å². The fourth-order valence-corrected chi connectivity index (χ4v) is 3.93. The summed E-state index contributed by atoms with van der Waals surface area (Å²) >= 11 is 0. The molecule has 4 aromatic rings. The number of fused-ring (bicyclic) bond motifs is 2. The van der Waals surface area contributed by atoms with Crippen LogP contribution in [0.15, 0.2) is 42.6 Å². The molecule has 162 valence electrons. The standard InChI is InChI=1S/C23H19F2N5O2/c1-23(2,32)13-8-15(21-19(9-13)27-29-28-21)12-6-17(24)16(18(25)7-12)10-30-11-20-14(22(30)31)4-3-5-26-20/h3-9,32H,10-11H2,1-2H3,(H,27,28,29). The maximum absolute atomic E-state index is 15.1. The molecular formula is C23H19F2N5O2. The summed E-state index contributed by atoms with van der Waals surface area (Å²) in [7, 11) is 0. The molecule has 0 bridgehead atoms. The summed E-state index contributed by atoms with van der Waals surface area (Å²) in [6, 6.07) is 9.05. The quantitative estimate of drug-likeness (QED) is 0.510. The molecular weight excluding hydrogens is 416 g/mol. The van der Waals surface area contributed by atoms with E-state index in [9.17, 15) is 9.90 Å². The molecule has 1 aliphatic heterocycles. The number of amides is 1. The van der Waals surface area contributed by atoms with Gasteiger partial charge in [-0.25, -0.2) is 8.78 Å². The van der Waals surface area contributed by atoms with Gasteiger partial charge >= 0.3 is 0 Å². The average Bonchev–Trinajstić information content (AvgIpc) is 3.34. The fourth-order valence-electron chi connectivity index (χ4n) is 3.93. The van der Waals surface area contributed by atoms with E-state index in [2.05, 4.69) is 20.4 Å². The Bertz CT molecular complexity index is 1350. The molecule has 0 saturated carbocycles. The zero-order valence-electron chi connectivity index (χ0n) is 17.4. The van der Waals surface area contributed by atoms with Crippen molar-refractivity contribution in [3.05, 3.63) is 76.6 Å². The van der Waals surface area contributed by atoms with Gasteiger partial charge in [-0.3, -0.25) is 9.78 Å². The predicted molar refractivity (Wildman–Crippen MR) is 112 cm³/mol. The Hall–Kier alpha value is -3.72. The summed E-state index contributed by atoms with van der Waals surface area (Å²) in [4.78, 5) is 18.1. The fraction of sp³-hybridized carbons (Fsp3) is 0.217. The van der Waals surface area contributed by atoms with Crippen molar-refractivity contribution in [3.63, 3.8) is 0 Å². The lowest BCUT2D eigenvalue weighted by Gasteiger charge is -2.19. The van der Waals surface area contributed by atoms with Gasteiger partial charge in [0, 0.05) is 17.3 Å². The molecule has 0 saturated heterocycles. The van der Waals surface area contributed by atoms with Crippen LogP contribution in [0.2, 0.25) is 0 Å². The van der Waals surface area contributed by atoms with Gasteiger partial charge in [0.15, 0.2) is 0 Å². The third kappa shape index (κ3) is 3.31. The lowest BCUT2D eigenvalue weighted by atomic mass is 9.92. The summed E-state index contributed by atoms with van der Waals surface area (Å²) < 4.78 is 30.2. The molecule has 0 atom stereocenters. The van der Waals surface area contributed by atoms with E-state index < -0.39 is 17.2 Å². The number of carbonyl (C=O) groups excluding carboxylic acids is 1. The summed E-state index contributed by atoms with van der Waals surface area (Å²) in [6.45, 7) is 3.21. The van der Waals surface area contributed by atoms with E-state index in [0.29, 0.717) is 33.4 Å². The van der Waals surface area contributed by atoms with Gasteiger partial charge in [0.25, 0.3) is 5.91 Å². The molecule has 2 aromatic heterocycles. The minimum atomic E-state index is -1.18. The average molecular weight is 435 g/mol. The van der Waals surface area contributed by atoms with Crippen molar-refractivity contribution >= 4 is 16.9 Å². The van der Waals surface area contributed by atoms with Crippen molar-refractivity contribution in [2.45, 2.75) is 32.5 Å². The first kappa shape index (κ1) is 20.2. The molecule has 1 aliphatic rings. The molecule has 0 fully saturated rings. The van der Waals surface area contributed by atoms with E-state index in [0.717, 1.165) is 0 Å². The second kappa shape index (κ2) is 7.16. The van der Waals surface area contributed by atoms with Gasteiger partial charge < -0.3 is 10.0 Å². The molecule has 7 nitrogen and oxygen atoms in total. The Balaban J connectivity index is 1.53. The van der Waals surface area contributed by atoms with Crippen LogP contribution >= 0.6 is 0 Å². The largest absolute Gasteiger partial charge is 0.386 e. The van der Waals surface area contributed by atoms with Gasteiger partial charge in [-0.1, -0.05) is 0 Å². The summed E-state index contributed by atoms with van der Waals surface area (Å²) in [5, 5.41) is 21.1. The highest BCUT2D eigenvalue weighted by Gasteiger charge is 2.30. The number of aromatic nitrogens is 4. The smallest absolute Gasteiger partial charge is 0.256 e. The molecule has 1 amide bonds. The number of rotatable bonds is 4. The van der Waals surface area contributed by atoms with Gasteiger partial charge in [-0.05, 0) is 61.4 Å². The van der Waals surface area contributed by atoms with Gasteiger partial charge in [-0.15, -0.1) is 0 Å². The number of halogens is 2. The van der Waals surface area contributed by atoms with Crippen LogP contribution < -0.4 is 0 Å². The highest BCUT2D eigenvalue weighted by molar-refractivity contribution is 5.97. The minimum absolute atomic E-state index is 0.197. The normalized spacial score (nSPS) is 13.8. The highest BCUT2D eigenvalue weighted by atomic mass is 19.1. The van der Waals surface area contributed by atoms with Crippen LogP contribution in [-0.4, -0.2) is 36.3 Å². The van der Waals surface area contributed by atoms with Crippen LogP contribution in [0.4, 0.5) is 8.78 Å². The van der Waals surface area contributed by atoms with Crippen LogP contribution in [-0.2, 0) is 18.7 Å². The number of carbonyl (C=O) groups is 1. The number of H-pyrrole nitrogens is 1. The minimum Gasteiger partial charge on any atom is -0.386 e. The number of pyridine rings is 1. The third-order valence-electron chi connectivity index (χ3n) is 5.68. The number of nitrogens with one attached hydrogen (secondary N) is 1. The van der Waals surface area contributed by atoms with Crippen LogP contribution in [0.1, 0.15) is 41.0 Å². The van der Waals surface area contributed by atoms with E-state index in [-0.39, 0.29) is 30.1 Å². The van der Waals surface area contributed by atoms with Crippen molar-refractivity contribution in [3.8, 4) is 11.1 Å². The van der Waals surface area contributed by atoms with Gasteiger partial charge in [0.1, 0.15) is 22.7 Å². The number of benzene rings is 2. The number of aromatic amines is 1. The summed E-state index contributed by atoms with van der Waals surface area (Å²) in [5.41, 5.74) is 1.78. The Morgan fingerprint density at radius 2 is 1.88 bits per heavy atom. The zero-order chi connectivity index (χ0) is 22.6.